The molecule has 2 atom stereocenters. The molecule has 0 amide bonds. The molecule has 1 aromatic carbocycles. The summed E-state index contributed by atoms with van der Waals surface area (Å²) in [7, 11) is 4.95. The highest BCUT2D eigenvalue weighted by Crippen LogP contribution is 2.34. The highest BCUT2D eigenvalue weighted by Gasteiger charge is 2.18. The molecule has 0 saturated heterocycles. The van der Waals surface area contributed by atoms with Crippen LogP contribution in [0.4, 0.5) is 0 Å². The lowest BCUT2D eigenvalue weighted by molar-refractivity contribution is 0.114. The zero-order valence-corrected chi connectivity index (χ0v) is 12.1. The van der Waals surface area contributed by atoms with Crippen molar-refractivity contribution in [2.24, 2.45) is 5.73 Å². The lowest BCUT2D eigenvalue weighted by Gasteiger charge is -2.22. The average Bonchev–Trinajstić information content (AvgIpc) is 2.46. The van der Waals surface area contributed by atoms with Crippen LogP contribution in [0.2, 0.25) is 0 Å². The van der Waals surface area contributed by atoms with E-state index in [4.69, 9.17) is 19.9 Å². The van der Waals surface area contributed by atoms with Gasteiger partial charge in [-0.25, -0.2) is 0 Å². The maximum Gasteiger partial charge on any atom is 0.165 e. The quantitative estimate of drug-likeness (QED) is 0.744. The SMILES string of the molecule is COc1cccc(C(CN)NCC(C)OC)c1OC. The van der Waals surface area contributed by atoms with Gasteiger partial charge in [-0.2, -0.15) is 0 Å². The van der Waals surface area contributed by atoms with Crippen LogP contribution in [0.1, 0.15) is 18.5 Å². The molecule has 2 unspecified atom stereocenters. The fourth-order valence-electron chi connectivity index (χ4n) is 1.90. The van der Waals surface area contributed by atoms with Crippen LogP contribution in [-0.4, -0.2) is 40.5 Å². The Bertz CT molecular complexity index is 385. The van der Waals surface area contributed by atoms with Gasteiger partial charge in [-0.1, -0.05) is 12.1 Å². The van der Waals surface area contributed by atoms with E-state index in [9.17, 15) is 0 Å². The van der Waals surface area contributed by atoms with Gasteiger partial charge in [-0.3, -0.25) is 0 Å². The Balaban J connectivity index is 2.91. The molecule has 0 aliphatic carbocycles. The minimum atomic E-state index is 0.00245. The predicted molar refractivity (Wildman–Crippen MR) is 75.8 cm³/mol. The number of hydrogen-bond donors (Lipinski definition) is 2. The molecule has 1 aromatic rings. The molecular formula is C14H24N2O3. The second-order valence-electron chi connectivity index (χ2n) is 4.33. The molecule has 5 heteroatoms. The van der Waals surface area contributed by atoms with Crippen LogP contribution >= 0.6 is 0 Å². The first-order valence-electron chi connectivity index (χ1n) is 6.35. The van der Waals surface area contributed by atoms with Crippen LogP contribution in [0.3, 0.4) is 0 Å². The molecule has 0 heterocycles. The van der Waals surface area contributed by atoms with Crippen LogP contribution in [0.25, 0.3) is 0 Å². The first-order chi connectivity index (χ1) is 9.17. The first-order valence-corrected chi connectivity index (χ1v) is 6.35. The monoisotopic (exact) mass is 268 g/mol. The molecule has 0 spiro atoms. The van der Waals surface area contributed by atoms with E-state index in [1.54, 1.807) is 21.3 Å². The van der Waals surface area contributed by atoms with Crippen molar-refractivity contribution in [2.75, 3.05) is 34.4 Å². The van der Waals surface area contributed by atoms with E-state index in [1.165, 1.54) is 0 Å². The summed E-state index contributed by atoms with van der Waals surface area (Å²) >= 11 is 0. The molecule has 0 aromatic heterocycles. The van der Waals surface area contributed by atoms with E-state index < -0.39 is 0 Å². The Morgan fingerprint density at radius 3 is 2.47 bits per heavy atom. The second-order valence-corrected chi connectivity index (χ2v) is 4.33. The third-order valence-corrected chi connectivity index (χ3v) is 3.10. The maximum atomic E-state index is 5.85. The normalized spacial score (nSPS) is 13.9. The van der Waals surface area contributed by atoms with Gasteiger partial charge in [0.25, 0.3) is 0 Å². The largest absolute Gasteiger partial charge is 0.493 e. The number of rotatable bonds is 8. The third-order valence-electron chi connectivity index (χ3n) is 3.10. The molecule has 108 valence electrons. The van der Waals surface area contributed by atoms with Gasteiger partial charge in [0.05, 0.1) is 20.3 Å². The first kappa shape index (κ1) is 15.8. The predicted octanol–water partition coefficient (Wildman–Crippen LogP) is 1.33. The van der Waals surface area contributed by atoms with Gasteiger partial charge in [-0.05, 0) is 13.0 Å². The fraction of sp³-hybridized carbons (Fsp3) is 0.571. The van der Waals surface area contributed by atoms with Crippen LogP contribution < -0.4 is 20.5 Å². The summed E-state index contributed by atoms with van der Waals surface area (Å²) < 4.78 is 16.0. The Morgan fingerprint density at radius 1 is 1.21 bits per heavy atom. The molecule has 5 nitrogen and oxygen atoms in total. The van der Waals surface area contributed by atoms with Crippen molar-refractivity contribution < 1.29 is 14.2 Å². The smallest absolute Gasteiger partial charge is 0.165 e. The average molecular weight is 268 g/mol. The highest BCUT2D eigenvalue weighted by atomic mass is 16.5. The standard InChI is InChI=1S/C14H24N2O3/c1-10(17-2)9-16-12(8-15)11-6-5-7-13(18-3)14(11)19-4/h5-7,10,12,16H,8-9,15H2,1-4H3. The topological polar surface area (TPSA) is 65.7 Å². The van der Waals surface area contributed by atoms with Gasteiger partial charge in [0.1, 0.15) is 0 Å². The molecule has 3 N–H and O–H groups in total. The number of nitrogens with one attached hydrogen (secondary N) is 1. The molecule has 0 saturated carbocycles. The number of ether oxygens (including phenoxy) is 3. The van der Waals surface area contributed by atoms with E-state index in [-0.39, 0.29) is 12.1 Å². The van der Waals surface area contributed by atoms with E-state index in [0.717, 1.165) is 17.9 Å². The Labute approximate surface area is 115 Å². The van der Waals surface area contributed by atoms with Gasteiger partial charge in [0.15, 0.2) is 11.5 Å². The molecule has 0 aliphatic heterocycles. The van der Waals surface area contributed by atoms with Crippen LogP contribution in [0.5, 0.6) is 11.5 Å². The molecule has 19 heavy (non-hydrogen) atoms. The van der Waals surface area contributed by atoms with Crippen molar-refractivity contribution in [1.82, 2.24) is 5.32 Å². The summed E-state index contributed by atoms with van der Waals surface area (Å²) in [6.45, 7) is 3.20. The fourth-order valence-corrected chi connectivity index (χ4v) is 1.90. The summed E-state index contributed by atoms with van der Waals surface area (Å²) in [6, 6.07) is 5.79. The minimum Gasteiger partial charge on any atom is -0.493 e. The van der Waals surface area contributed by atoms with Crippen molar-refractivity contribution in [3.63, 3.8) is 0 Å². The molecule has 0 aliphatic rings. The molecule has 1 rings (SSSR count). The lowest BCUT2D eigenvalue weighted by Crippen LogP contribution is -2.34. The highest BCUT2D eigenvalue weighted by molar-refractivity contribution is 5.48. The summed E-state index contributed by atoms with van der Waals surface area (Å²) in [5.74, 6) is 1.43. The van der Waals surface area contributed by atoms with Gasteiger partial charge < -0.3 is 25.3 Å². The van der Waals surface area contributed by atoms with E-state index >= 15 is 0 Å². The van der Waals surface area contributed by atoms with Crippen molar-refractivity contribution in [3.05, 3.63) is 23.8 Å². The summed E-state index contributed by atoms with van der Waals surface area (Å²) in [5, 5.41) is 3.38. The zero-order chi connectivity index (χ0) is 14.3. The number of nitrogens with two attached hydrogens (primary N) is 1. The van der Waals surface area contributed by atoms with Gasteiger partial charge >= 0.3 is 0 Å². The van der Waals surface area contributed by atoms with Crippen LogP contribution in [0.15, 0.2) is 18.2 Å². The van der Waals surface area contributed by atoms with Gasteiger partial charge in [0, 0.05) is 31.8 Å². The number of para-hydroxylation sites is 1. The van der Waals surface area contributed by atoms with Crippen molar-refractivity contribution in [1.29, 1.82) is 0 Å². The summed E-state index contributed by atoms with van der Waals surface area (Å²) in [5.41, 5.74) is 6.84. The number of methoxy groups -OCH3 is 3. The van der Waals surface area contributed by atoms with Gasteiger partial charge in [0.2, 0.25) is 0 Å². The number of benzene rings is 1. The lowest BCUT2D eigenvalue weighted by atomic mass is 10.0. The second kappa shape index (κ2) is 7.99. The molecule has 0 bridgehead atoms. The van der Waals surface area contributed by atoms with Crippen molar-refractivity contribution in [2.45, 2.75) is 19.1 Å². The molecular weight excluding hydrogens is 244 g/mol. The maximum absolute atomic E-state index is 5.85. The van der Waals surface area contributed by atoms with E-state index in [0.29, 0.717) is 12.3 Å². The van der Waals surface area contributed by atoms with E-state index in [2.05, 4.69) is 5.32 Å². The molecule has 0 radical (unpaired) electrons. The van der Waals surface area contributed by atoms with Crippen LogP contribution in [-0.2, 0) is 4.74 Å². The van der Waals surface area contributed by atoms with E-state index in [1.807, 2.05) is 25.1 Å². The van der Waals surface area contributed by atoms with Crippen molar-refractivity contribution in [3.8, 4) is 11.5 Å². The molecule has 0 fully saturated rings. The third kappa shape index (κ3) is 4.09. The summed E-state index contributed by atoms with van der Waals surface area (Å²) in [4.78, 5) is 0. The van der Waals surface area contributed by atoms with Gasteiger partial charge in [-0.15, -0.1) is 0 Å². The summed E-state index contributed by atoms with van der Waals surface area (Å²) in [6.07, 6.45) is 0.130. The Hall–Kier alpha value is -1.30. The van der Waals surface area contributed by atoms with Crippen molar-refractivity contribution >= 4 is 0 Å². The Morgan fingerprint density at radius 2 is 1.95 bits per heavy atom. The Kier molecular flexibility index (Phi) is 6.62. The minimum absolute atomic E-state index is 0.00245. The van der Waals surface area contributed by atoms with Crippen LogP contribution in [0, 0.1) is 0 Å². The number of hydrogen-bond acceptors (Lipinski definition) is 5. The zero-order valence-electron chi connectivity index (χ0n) is 12.1.